The Morgan fingerprint density at radius 2 is 2.05 bits per heavy atom. The van der Waals surface area contributed by atoms with Gasteiger partial charge < -0.3 is 10.5 Å². The van der Waals surface area contributed by atoms with Gasteiger partial charge in [0.15, 0.2) is 0 Å². The molecule has 19 heavy (non-hydrogen) atoms. The molecule has 1 aliphatic rings. The Bertz CT molecular complexity index is 400. The Kier molecular flexibility index (Phi) is 5.23. The van der Waals surface area contributed by atoms with Gasteiger partial charge in [-0.2, -0.15) is 0 Å². The van der Waals surface area contributed by atoms with Crippen LogP contribution in [0, 0.1) is 0 Å². The van der Waals surface area contributed by atoms with Gasteiger partial charge in [-0.25, -0.2) is 0 Å². The summed E-state index contributed by atoms with van der Waals surface area (Å²) < 4.78 is 5.42. The number of nitrogens with two attached hydrogens (primary N) is 1. The second-order valence-corrected chi connectivity index (χ2v) is 5.26. The van der Waals surface area contributed by atoms with E-state index in [0.717, 1.165) is 25.1 Å². The quantitative estimate of drug-likeness (QED) is 0.856. The fraction of sp³-hybridized carbons (Fsp3) is 0.625. The van der Waals surface area contributed by atoms with Crippen LogP contribution in [-0.2, 0) is 6.42 Å². The van der Waals surface area contributed by atoms with Crippen LogP contribution in [0.5, 0.6) is 5.75 Å². The molecule has 0 saturated carbocycles. The van der Waals surface area contributed by atoms with E-state index in [1.54, 1.807) is 7.11 Å². The van der Waals surface area contributed by atoms with Crippen molar-refractivity contribution in [3.8, 4) is 5.75 Å². The Balaban J connectivity index is 2.25. The van der Waals surface area contributed by atoms with E-state index in [0.29, 0.717) is 6.04 Å². The molecule has 0 bridgehead atoms. The van der Waals surface area contributed by atoms with Gasteiger partial charge >= 0.3 is 0 Å². The monoisotopic (exact) mass is 262 g/mol. The van der Waals surface area contributed by atoms with Crippen LogP contribution in [-0.4, -0.2) is 31.6 Å². The average Bonchev–Trinajstić information content (AvgIpc) is 2.98. The van der Waals surface area contributed by atoms with E-state index in [9.17, 15) is 0 Å². The van der Waals surface area contributed by atoms with Crippen molar-refractivity contribution < 1.29 is 4.74 Å². The molecule has 1 aliphatic heterocycles. The normalized spacial score (nSPS) is 17.6. The zero-order valence-corrected chi connectivity index (χ0v) is 12.2. The topological polar surface area (TPSA) is 38.5 Å². The molecular formula is C16H26N2O. The van der Waals surface area contributed by atoms with Gasteiger partial charge in [-0.15, -0.1) is 0 Å². The molecule has 0 aromatic heterocycles. The zero-order chi connectivity index (χ0) is 13.7. The molecule has 1 atom stereocenters. The number of aryl methyl sites for hydroxylation is 1. The van der Waals surface area contributed by atoms with Crippen molar-refractivity contribution in [1.82, 2.24) is 4.90 Å². The SMILES string of the molecule is CCc1cc(C(CCN)N2CCCC2)ccc1OC. The summed E-state index contributed by atoms with van der Waals surface area (Å²) in [5, 5.41) is 0. The van der Waals surface area contributed by atoms with E-state index in [4.69, 9.17) is 10.5 Å². The van der Waals surface area contributed by atoms with Gasteiger partial charge in [0.2, 0.25) is 0 Å². The fourth-order valence-corrected chi connectivity index (χ4v) is 3.05. The molecule has 1 unspecified atom stereocenters. The molecule has 0 radical (unpaired) electrons. The maximum atomic E-state index is 5.81. The number of rotatable bonds is 6. The van der Waals surface area contributed by atoms with Gasteiger partial charge in [0.1, 0.15) is 5.75 Å². The lowest BCUT2D eigenvalue weighted by atomic mass is 9.98. The molecule has 0 aliphatic carbocycles. The summed E-state index contributed by atoms with van der Waals surface area (Å²) in [6.07, 6.45) is 4.68. The van der Waals surface area contributed by atoms with Crippen molar-refractivity contribution in [2.45, 2.75) is 38.6 Å². The first-order valence-electron chi connectivity index (χ1n) is 7.41. The molecule has 1 fully saturated rings. The first-order valence-corrected chi connectivity index (χ1v) is 7.41. The van der Waals surface area contributed by atoms with E-state index in [-0.39, 0.29) is 0 Å². The van der Waals surface area contributed by atoms with Gasteiger partial charge in [-0.05, 0) is 62.5 Å². The van der Waals surface area contributed by atoms with Crippen LogP contribution >= 0.6 is 0 Å². The molecule has 1 aromatic rings. The highest BCUT2D eigenvalue weighted by Gasteiger charge is 2.23. The van der Waals surface area contributed by atoms with Crippen LogP contribution in [0.4, 0.5) is 0 Å². The Morgan fingerprint density at radius 1 is 1.32 bits per heavy atom. The minimum atomic E-state index is 0.476. The molecule has 106 valence electrons. The fourth-order valence-electron chi connectivity index (χ4n) is 3.05. The number of nitrogens with zero attached hydrogens (tertiary/aromatic N) is 1. The van der Waals surface area contributed by atoms with E-state index in [1.807, 2.05) is 0 Å². The van der Waals surface area contributed by atoms with Crippen molar-refractivity contribution in [3.05, 3.63) is 29.3 Å². The molecule has 0 spiro atoms. The first-order chi connectivity index (χ1) is 9.30. The number of likely N-dealkylation sites (tertiary alicyclic amines) is 1. The average molecular weight is 262 g/mol. The van der Waals surface area contributed by atoms with Gasteiger partial charge in [-0.1, -0.05) is 19.1 Å². The summed E-state index contributed by atoms with van der Waals surface area (Å²) in [7, 11) is 1.74. The second-order valence-electron chi connectivity index (χ2n) is 5.26. The summed E-state index contributed by atoms with van der Waals surface area (Å²) in [5.74, 6) is 0.999. The van der Waals surface area contributed by atoms with E-state index >= 15 is 0 Å². The van der Waals surface area contributed by atoms with E-state index in [1.165, 1.54) is 37.1 Å². The molecule has 3 heteroatoms. The molecule has 1 saturated heterocycles. The molecule has 1 heterocycles. The highest BCUT2D eigenvalue weighted by molar-refractivity contribution is 5.38. The standard InChI is InChI=1S/C16H26N2O/c1-3-13-12-14(6-7-16(13)19-2)15(8-9-17)18-10-4-5-11-18/h6-7,12,15H,3-5,8-11,17H2,1-2H3. The third kappa shape index (κ3) is 3.28. The van der Waals surface area contributed by atoms with Crippen LogP contribution in [0.2, 0.25) is 0 Å². The highest BCUT2D eigenvalue weighted by atomic mass is 16.5. The van der Waals surface area contributed by atoms with E-state index in [2.05, 4.69) is 30.0 Å². The lowest BCUT2D eigenvalue weighted by molar-refractivity contribution is 0.235. The molecule has 2 rings (SSSR count). The Hall–Kier alpha value is -1.06. The molecule has 2 N–H and O–H groups in total. The number of benzene rings is 1. The second kappa shape index (κ2) is 6.92. The summed E-state index contributed by atoms with van der Waals surface area (Å²) in [6.45, 7) is 5.33. The van der Waals surface area contributed by atoms with Crippen LogP contribution in [0.1, 0.15) is 43.4 Å². The molecule has 0 amide bonds. The largest absolute Gasteiger partial charge is 0.496 e. The Morgan fingerprint density at radius 3 is 2.63 bits per heavy atom. The summed E-state index contributed by atoms with van der Waals surface area (Å²) in [5.41, 5.74) is 8.50. The lowest BCUT2D eigenvalue weighted by Crippen LogP contribution is -2.27. The number of hydrogen-bond acceptors (Lipinski definition) is 3. The van der Waals surface area contributed by atoms with Crippen molar-refractivity contribution in [1.29, 1.82) is 0 Å². The van der Waals surface area contributed by atoms with Gasteiger partial charge in [0, 0.05) is 6.04 Å². The Labute approximate surface area is 116 Å². The predicted molar refractivity (Wildman–Crippen MR) is 79.6 cm³/mol. The summed E-state index contributed by atoms with van der Waals surface area (Å²) >= 11 is 0. The van der Waals surface area contributed by atoms with Gasteiger partial charge in [0.25, 0.3) is 0 Å². The van der Waals surface area contributed by atoms with Crippen LogP contribution < -0.4 is 10.5 Å². The lowest BCUT2D eigenvalue weighted by Gasteiger charge is -2.28. The predicted octanol–water partition coefficient (Wildman–Crippen LogP) is 2.74. The first kappa shape index (κ1) is 14.4. The van der Waals surface area contributed by atoms with Crippen LogP contribution in [0.25, 0.3) is 0 Å². The number of hydrogen-bond donors (Lipinski definition) is 1. The number of methoxy groups -OCH3 is 1. The van der Waals surface area contributed by atoms with Gasteiger partial charge in [0.05, 0.1) is 7.11 Å². The zero-order valence-electron chi connectivity index (χ0n) is 12.2. The maximum absolute atomic E-state index is 5.81. The summed E-state index contributed by atoms with van der Waals surface area (Å²) in [6, 6.07) is 7.09. The van der Waals surface area contributed by atoms with Crippen molar-refractivity contribution in [3.63, 3.8) is 0 Å². The number of ether oxygens (including phenoxy) is 1. The van der Waals surface area contributed by atoms with Crippen molar-refractivity contribution in [2.24, 2.45) is 5.73 Å². The maximum Gasteiger partial charge on any atom is 0.122 e. The van der Waals surface area contributed by atoms with Crippen molar-refractivity contribution in [2.75, 3.05) is 26.7 Å². The smallest absolute Gasteiger partial charge is 0.122 e. The minimum absolute atomic E-state index is 0.476. The molecule has 3 nitrogen and oxygen atoms in total. The third-order valence-electron chi connectivity index (χ3n) is 4.09. The van der Waals surface area contributed by atoms with Crippen molar-refractivity contribution >= 4 is 0 Å². The van der Waals surface area contributed by atoms with Crippen LogP contribution in [0.3, 0.4) is 0 Å². The van der Waals surface area contributed by atoms with Gasteiger partial charge in [-0.3, -0.25) is 4.90 Å². The molecular weight excluding hydrogens is 236 g/mol. The summed E-state index contributed by atoms with van der Waals surface area (Å²) in [4.78, 5) is 2.58. The third-order valence-corrected chi connectivity index (χ3v) is 4.09. The van der Waals surface area contributed by atoms with E-state index < -0.39 is 0 Å². The highest BCUT2D eigenvalue weighted by Crippen LogP contribution is 2.31. The van der Waals surface area contributed by atoms with Crippen LogP contribution in [0.15, 0.2) is 18.2 Å². The minimum Gasteiger partial charge on any atom is -0.496 e. The molecule has 1 aromatic carbocycles.